The molecule has 0 atom stereocenters. The minimum atomic E-state index is -0.999. The number of anilines is 1. The van der Waals surface area contributed by atoms with Gasteiger partial charge in [-0.1, -0.05) is 18.2 Å². The molecular weight excluding hydrogens is 450 g/mol. The minimum Gasteiger partial charge on any atom is -0.478 e. The zero-order valence-electron chi connectivity index (χ0n) is 19.2. The third-order valence-corrected chi connectivity index (χ3v) is 6.19. The first kappa shape index (κ1) is 23.1. The van der Waals surface area contributed by atoms with Crippen LogP contribution >= 0.6 is 12.2 Å². The summed E-state index contributed by atoms with van der Waals surface area (Å²) in [5, 5.41) is 12.1. The van der Waals surface area contributed by atoms with E-state index < -0.39 is 17.8 Å². The van der Waals surface area contributed by atoms with E-state index in [2.05, 4.69) is 5.32 Å². The van der Waals surface area contributed by atoms with Gasteiger partial charge in [-0.15, -0.1) is 0 Å². The molecule has 0 radical (unpaired) electrons. The Balaban J connectivity index is 1.80. The van der Waals surface area contributed by atoms with Crippen molar-refractivity contribution in [2.24, 2.45) is 0 Å². The van der Waals surface area contributed by atoms with E-state index in [1.165, 1.54) is 4.90 Å². The van der Waals surface area contributed by atoms with Crippen LogP contribution in [-0.2, 0) is 9.59 Å². The van der Waals surface area contributed by atoms with Gasteiger partial charge in [0.2, 0.25) is 0 Å². The van der Waals surface area contributed by atoms with Gasteiger partial charge in [-0.05, 0) is 93.0 Å². The maximum atomic E-state index is 13.3. The largest absolute Gasteiger partial charge is 0.478 e. The van der Waals surface area contributed by atoms with E-state index in [0.717, 1.165) is 22.6 Å². The molecule has 34 heavy (non-hydrogen) atoms. The minimum absolute atomic E-state index is 0.0318. The number of aryl methyl sites for hydroxylation is 2. The molecule has 0 spiro atoms. The number of thiocarbonyl (C=S) groups is 1. The van der Waals surface area contributed by atoms with Crippen molar-refractivity contribution < 1.29 is 19.5 Å². The molecule has 172 valence electrons. The molecule has 0 unspecified atom stereocenters. The highest BCUT2D eigenvalue weighted by Gasteiger charge is 2.34. The van der Waals surface area contributed by atoms with Gasteiger partial charge in [0.15, 0.2) is 5.11 Å². The lowest BCUT2D eigenvalue weighted by molar-refractivity contribution is -0.122. The second-order valence-corrected chi connectivity index (χ2v) is 8.60. The molecule has 2 aromatic carbocycles. The van der Waals surface area contributed by atoms with Gasteiger partial charge < -0.3 is 9.67 Å². The number of nitrogens with zero attached hydrogens (tertiary/aromatic N) is 2. The fourth-order valence-corrected chi connectivity index (χ4v) is 4.50. The number of nitrogens with one attached hydrogen (secondary N) is 1. The monoisotopic (exact) mass is 473 g/mol. The Hall–Kier alpha value is -4.04. The van der Waals surface area contributed by atoms with Gasteiger partial charge in [0.1, 0.15) is 5.57 Å². The van der Waals surface area contributed by atoms with Crippen molar-refractivity contribution in [1.29, 1.82) is 0 Å². The first-order valence-corrected chi connectivity index (χ1v) is 11.0. The lowest BCUT2D eigenvalue weighted by atomic mass is 10.1. The van der Waals surface area contributed by atoms with E-state index in [1.54, 1.807) is 31.2 Å². The number of aromatic carboxylic acids is 1. The van der Waals surface area contributed by atoms with Crippen LogP contribution in [0, 0.1) is 27.7 Å². The van der Waals surface area contributed by atoms with Crippen LogP contribution in [0.1, 0.15) is 38.4 Å². The number of benzene rings is 2. The lowest BCUT2D eigenvalue weighted by Crippen LogP contribution is -2.54. The summed E-state index contributed by atoms with van der Waals surface area (Å²) in [5.74, 6) is -2.07. The SMILES string of the molecule is Cc1cccc(N2C(=O)/C(=C\c3cc(C)n(-c4cccc(C(=O)O)c4C)c3C)C(=O)NC2=S)c1. The smallest absolute Gasteiger partial charge is 0.336 e. The van der Waals surface area contributed by atoms with Gasteiger partial charge in [-0.2, -0.15) is 0 Å². The molecule has 0 bridgehead atoms. The van der Waals surface area contributed by atoms with E-state index in [0.29, 0.717) is 16.8 Å². The molecule has 1 fully saturated rings. The average molecular weight is 474 g/mol. The molecular formula is C26H23N3O4S. The Kier molecular flexibility index (Phi) is 5.93. The van der Waals surface area contributed by atoms with Crippen LogP contribution < -0.4 is 10.2 Å². The highest BCUT2D eigenvalue weighted by atomic mass is 32.1. The Morgan fingerprint density at radius 3 is 2.41 bits per heavy atom. The summed E-state index contributed by atoms with van der Waals surface area (Å²) in [5.41, 5.74) is 5.34. The van der Waals surface area contributed by atoms with E-state index in [4.69, 9.17) is 12.2 Å². The molecule has 0 saturated carbocycles. The molecule has 4 rings (SSSR count). The molecule has 1 aliphatic heterocycles. The Morgan fingerprint density at radius 2 is 1.74 bits per heavy atom. The van der Waals surface area contributed by atoms with Gasteiger partial charge in [-0.25, -0.2) is 4.79 Å². The molecule has 2 heterocycles. The summed E-state index contributed by atoms with van der Waals surface area (Å²) in [7, 11) is 0. The normalized spacial score (nSPS) is 15.1. The van der Waals surface area contributed by atoms with Crippen molar-refractivity contribution in [3.05, 3.63) is 87.7 Å². The topological polar surface area (TPSA) is 91.6 Å². The number of carboxylic acid groups (broad SMARTS) is 1. The summed E-state index contributed by atoms with van der Waals surface area (Å²) < 4.78 is 1.92. The van der Waals surface area contributed by atoms with Crippen molar-refractivity contribution in [2.75, 3.05) is 4.90 Å². The number of amides is 2. The van der Waals surface area contributed by atoms with Crippen LogP contribution in [-0.4, -0.2) is 32.6 Å². The van der Waals surface area contributed by atoms with E-state index in [-0.39, 0.29) is 16.2 Å². The first-order valence-electron chi connectivity index (χ1n) is 10.6. The van der Waals surface area contributed by atoms with E-state index in [9.17, 15) is 19.5 Å². The molecule has 1 aliphatic rings. The van der Waals surface area contributed by atoms with Gasteiger partial charge in [0.05, 0.1) is 11.3 Å². The second kappa shape index (κ2) is 8.72. The molecule has 2 amide bonds. The van der Waals surface area contributed by atoms with Crippen LogP contribution in [0.4, 0.5) is 5.69 Å². The maximum Gasteiger partial charge on any atom is 0.336 e. The molecule has 1 aromatic heterocycles. The zero-order valence-corrected chi connectivity index (χ0v) is 20.0. The quantitative estimate of drug-likeness (QED) is 0.336. The average Bonchev–Trinajstić information content (AvgIpc) is 3.04. The first-order chi connectivity index (χ1) is 16.1. The molecule has 1 saturated heterocycles. The summed E-state index contributed by atoms with van der Waals surface area (Å²) in [6.45, 7) is 7.42. The summed E-state index contributed by atoms with van der Waals surface area (Å²) in [4.78, 5) is 39.0. The molecule has 3 aromatic rings. The number of carbonyl (C=O) groups excluding carboxylic acids is 2. The van der Waals surface area contributed by atoms with E-state index >= 15 is 0 Å². The lowest BCUT2D eigenvalue weighted by Gasteiger charge is -2.29. The Labute approximate surface area is 202 Å². The number of hydrogen-bond acceptors (Lipinski definition) is 4. The number of rotatable bonds is 4. The van der Waals surface area contributed by atoms with Gasteiger partial charge in [-0.3, -0.25) is 19.8 Å². The van der Waals surface area contributed by atoms with Crippen LogP contribution in [0.15, 0.2) is 54.1 Å². The summed E-state index contributed by atoms with van der Waals surface area (Å²) in [6, 6.07) is 14.3. The standard InChI is InChI=1S/C26H23N3O4S/c1-14-7-5-8-19(11-14)29-24(31)21(23(30)27-26(29)34)13-18-12-15(2)28(17(18)4)22-10-6-9-20(16(22)3)25(32)33/h5-13H,1-4H3,(H,32,33)(H,27,30,34)/b21-13-. The fourth-order valence-electron chi connectivity index (χ4n) is 4.22. The maximum absolute atomic E-state index is 13.3. The van der Waals surface area contributed by atoms with Crippen LogP contribution in [0.2, 0.25) is 0 Å². The summed E-state index contributed by atoms with van der Waals surface area (Å²) in [6.07, 6.45) is 1.55. The van der Waals surface area contributed by atoms with Crippen molar-refractivity contribution in [2.45, 2.75) is 27.7 Å². The third kappa shape index (κ3) is 3.92. The van der Waals surface area contributed by atoms with Gasteiger partial charge >= 0.3 is 5.97 Å². The number of aromatic nitrogens is 1. The molecule has 0 aliphatic carbocycles. The number of hydrogen-bond donors (Lipinski definition) is 2. The van der Waals surface area contributed by atoms with E-state index in [1.807, 2.05) is 55.7 Å². The van der Waals surface area contributed by atoms with Crippen LogP contribution in [0.5, 0.6) is 0 Å². The Morgan fingerprint density at radius 1 is 1.03 bits per heavy atom. The number of carboxylic acids is 1. The van der Waals surface area contributed by atoms with Gasteiger partial charge in [0.25, 0.3) is 11.8 Å². The summed E-state index contributed by atoms with van der Waals surface area (Å²) >= 11 is 5.28. The second-order valence-electron chi connectivity index (χ2n) is 8.21. The predicted octanol–water partition coefficient (Wildman–Crippen LogP) is 4.24. The fraction of sp³-hybridized carbons (Fsp3) is 0.154. The predicted molar refractivity (Wildman–Crippen MR) is 134 cm³/mol. The molecule has 8 heteroatoms. The molecule has 7 nitrogen and oxygen atoms in total. The van der Waals surface area contributed by atoms with Crippen molar-refractivity contribution >= 4 is 46.9 Å². The highest BCUT2D eigenvalue weighted by Crippen LogP contribution is 2.28. The van der Waals surface area contributed by atoms with Crippen LogP contribution in [0.3, 0.4) is 0 Å². The molecule has 2 N–H and O–H groups in total. The zero-order chi connectivity index (χ0) is 24.7. The van der Waals surface area contributed by atoms with Crippen molar-refractivity contribution in [3.8, 4) is 5.69 Å². The highest BCUT2D eigenvalue weighted by molar-refractivity contribution is 7.80. The Bertz CT molecular complexity index is 1420. The van der Waals surface area contributed by atoms with Crippen molar-refractivity contribution in [3.63, 3.8) is 0 Å². The third-order valence-electron chi connectivity index (χ3n) is 5.91. The number of carbonyl (C=O) groups is 3. The van der Waals surface area contributed by atoms with Crippen molar-refractivity contribution in [1.82, 2.24) is 9.88 Å². The van der Waals surface area contributed by atoms with Gasteiger partial charge in [0, 0.05) is 17.1 Å². The van der Waals surface area contributed by atoms with Crippen LogP contribution in [0.25, 0.3) is 11.8 Å².